The lowest BCUT2D eigenvalue weighted by molar-refractivity contribution is -0.122. The van der Waals surface area contributed by atoms with E-state index in [0.29, 0.717) is 25.6 Å². The molecule has 2 amide bonds. The number of hydrogen-bond donors (Lipinski definition) is 1. The fraction of sp³-hybridized carbons (Fsp3) is 0.368. The summed E-state index contributed by atoms with van der Waals surface area (Å²) in [7, 11) is 0. The Morgan fingerprint density at radius 2 is 2.07 bits per heavy atom. The van der Waals surface area contributed by atoms with Crippen LogP contribution in [0.15, 0.2) is 42.6 Å². The zero-order valence-electron chi connectivity index (χ0n) is 14.9. The molecule has 0 bridgehead atoms. The maximum Gasteiger partial charge on any atom is 0.410 e. The first kappa shape index (κ1) is 17.3. The van der Waals surface area contributed by atoms with Crippen LogP contribution in [0.1, 0.15) is 6.42 Å². The maximum absolute atomic E-state index is 12.2. The Morgan fingerprint density at radius 1 is 1.22 bits per heavy atom. The molecule has 3 heterocycles. The van der Waals surface area contributed by atoms with Gasteiger partial charge in [0.15, 0.2) is 0 Å². The highest BCUT2D eigenvalue weighted by atomic mass is 16.6. The lowest BCUT2D eigenvalue weighted by Gasteiger charge is -2.18. The number of carbonyl (C=O) groups excluding carboxylic acids is 2. The molecule has 4 rings (SSSR count). The highest BCUT2D eigenvalue weighted by Gasteiger charge is 2.28. The van der Waals surface area contributed by atoms with Crippen molar-refractivity contribution in [2.75, 3.05) is 37.7 Å². The van der Waals surface area contributed by atoms with Crippen molar-refractivity contribution in [2.45, 2.75) is 12.5 Å². The molecular weight excluding hydrogens is 346 g/mol. The van der Waals surface area contributed by atoms with Gasteiger partial charge in [-0.3, -0.25) is 9.69 Å². The minimum absolute atomic E-state index is 0.0140. The molecule has 2 aliphatic heterocycles. The minimum Gasteiger partial charge on any atom is -0.448 e. The fourth-order valence-corrected chi connectivity index (χ4v) is 3.35. The molecule has 8 nitrogen and oxygen atoms in total. The third kappa shape index (κ3) is 3.99. The number of anilines is 1. The summed E-state index contributed by atoms with van der Waals surface area (Å²) in [6, 6.07) is 11.9. The van der Waals surface area contributed by atoms with Crippen molar-refractivity contribution in [3.05, 3.63) is 42.6 Å². The number of carbonyl (C=O) groups is 2. The first-order valence-corrected chi connectivity index (χ1v) is 9.03. The van der Waals surface area contributed by atoms with Crippen LogP contribution in [0.4, 0.5) is 10.7 Å². The second kappa shape index (κ2) is 7.61. The van der Waals surface area contributed by atoms with Crippen LogP contribution in [0, 0.1) is 0 Å². The summed E-state index contributed by atoms with van der Waals surface area (Å²) < 4.78 is 4.84. The molecule has 1 aromatic heterocycles. The molecule has 0 spiro atoms. The molecular formula is C19H21N5O3. The van der Waals surface area contributed by atoms with Gasteiger partial charge in [0.2, 0.25) is 11.9 Å². The summed E-state index contributed by atoms with van der Waals surface area (Å²) in [5.41, 5.74) is 1.92. The van der Waals surface area contributed by atoms with Crippen molar-refractivity contribution in [1.82, 2.24) is 20.2 Å². The summed E-state index contributed by atoms with van der Waals surface area (Å²) in [4.78, 5) is 36.1. The Hall–Kier alpha value is -3.16. The van der Waals surface area contributed by atoms with Gasteiger partial charge in [-0.05, 0) is 12.5 Å². The van der Waals surface area contributed by atoms with Crippen LogP contribution in [-0.2, 0) is 9.53 Å². The van der Waals surface area contributed by atoms with Crippen LogP contribution < -0.4 is 10.2 Å². The Kier molecular flexibility index (Phi) is 4.86. The highest BCUT2D eigenvalue weighted by Crippen LogP contribution is 2.21. The largest absolute Gasteiger partial charge is 0.448 e. The molecule has 0 radical (unpaired) electrons. The molecule has 2 saturated heterocycles. The molecule has 1 unspecified atom stereocenters. The van der Waals surface area contributed by atoms with E-state index in [1.54, 1.807) is 6.20 Å². The smallest absolute Gasteiger partial charge is 0.410 e. The van der Waals surface area contributed by atoms with Gasteiger partial charge < -0.3 is 15.0 Å². The predicted octanol–water partition coefficient (Wildman–Crippen LogP) is 1.29. The van der Waals surface area contributed by atoms with E-state index in [0.717, 1.165) is 24.2 Å². The number of nitrogens with one attached hydrogen (secondary N) is 1. The lowest BCUT2D eigenvalue weighted by Crippen LogP contribution is -2.43. The first-order chi connectivity index (χ1) is 13.2. The van der Waals surface area contributed by atoms with Crippen molar-refractivity contribution in [1.29, 1.82) is 0 Å². The average Bonchev–Trinajstić information content (AvgIpc) is 3.32. The number of benzene rings is 1. The van der Waals surface area contributed by atoms with Gasteiger partial charge in [-0.25, -0.2) is 14.8 Å². The summed E-state index contributed by atoms with van der Waals surface area (Å²) >= 11 is 0. The SMILES string of the molecule is O=C(CN1CCOC1=O)NC1CCN(c2nccc(-c3ccccc3)n2)C1. The summed E-state index contributed by atoms with van der Waals surface area (Å²) in [6.07, 6.45) is 2.15. The second-order valence-electron chi connectivity index (χ2n) is 6.64. The van der Waals surface area contributed by atoms with Gasteiger partial charge >= 0.3 is 6.09 Å². The van der Waals surface area contributed by atoms with E-state index < -0.39 is 6.09 Å². The standard InChI is InChI=1S/C19H21N5O3/c25-17(13-24-10-11-27-19(24)26)21-15-7-9-23(12-15)18-20-8-6-16(22-18)14-4-2-1-3-5-14/h1-6,8,15H,7,9-13H2,(H,21,25). The Morgan fingerprint density at radius 3 is 2.85 bits per heavy atom. The topological polar surface area (TPSA) is 87.7 Å². The number of ether oxygens (including phenoxy) is 1. The predicted molar refractivity (Wildman–Crippen MR) is 99.1 cm³/mol. The van der Waals surface area contributed by atoms with Crippen molar-refractivity contribution >= 4 is 17.9 Å². The van der Waals surface area contributed by atoms with E-state index in [-0.39, 0.29) is 18.5 Å². The first-order valence-electron chi connectivity index (χ1n) is 9.03. The molecule has 8 heteroatoms. The van der Waals surface area contributed by atoms with E-state index in [9.17, 15) is 9.59 Å². The van der Waals surface area contributed by atoms with E-state index in [4.69, 9.17) is 4.74 Å². The van der Waals surface area contributed by atoms with Crippen LogP contribution in [0.3, 0.4) is 0 Å². The number of aromatic nitrogens is 2. The third-order valence-corrected chi connectivity index (χ3v) is 4.73. The van der Waals surface area contributed by atoms with Crippen LogP contribution >= 0.6 is 0 Å². The molecule has 140 valence electrons. The van der Waals surface area contributed by atoms with Crippen molar-refractivity contribution in [2.24, 2.45) is 0 Å². The molecule has 1 atom stereocenters. The van der Waals surface area contributed by atoms with E-state index in [1.807, 2.05) is 36.4 Å². The van der Waals surface area contributed by atoms with Crippen LogP contribution in [0.5, 0.6) is 0 Å². The number of hydrogen-bond acceptors (Lipinski definition) is 6. The third-order valence-electron chi connectivity index (χ3n) is 4.73. The Labute approximate surface area is 157 Å². The van der Waals surface area contributed by atoms with Gasteiger partial charge in [-0.2, -0.15) is 0 Å². The maximum atomic E-state index is 12.2. The minimum atomic E-state index is -0.427. The second-order valence-corrected chi connectivity index (χ2v) is 6.64. The number of rotatable bonds is 5. The lowest BCUT2D eigenvalue weighted by atomic mass is 10.1. The quantitative estimate of drug-likeness (QED) is 0.857. The Balaban J connectivity index is 1.35. The van der Waals surface area contributed by atoms with Gasteiger partial charge in [0.25, 0.3) is 0 Å². The van der Waals surface area contributed by atoms with Gasteiger partial charge in [-0.15, -0.1) is 0 Å². The van der Waals surface area contributed by atoms with Crippen molar-refractivity contribution in [3.63, 3.8) is 0 Å². The molecule has 0 aliphatic carbocycles. The van der Waals surface area contributed by atoms with E-state index in [2.05, 4.69) is 20.2 Å². The highest BCUT2D eigenvalue weighted by molar-refractivity contribution is 5.83. The monoisotopic (exact) mass is 367 g/mol. The van der Waals surface area contributed by atoms with Gasteiger partial charge in [0.1, 0.15) is 13.2 Å². The van der Waals surface area contributed by atoms with Gasteiger partial charge in [0, 0.05) is 30.9 Å². The zero-order chi connectivity index (χ0) is 18.6. The van der Waals surface area contributed by atoms with Gasteiger partial charge in [0.05, 0.1) is 12.2 Å². The van der Waals surface area contributed by atoms with Crippen molar-refractivity contribution < 1.29 is 14.3 Å². The average molecular weight is 367 g/mol. The summed E-state index contributed by atoms with van der Waals surface area (Å²) in [5.74, 6) is 0.496. The molecule has 2 aromatic rings. The number of amides is 2. The van der Waals surface area contributed by atoms with Crippen LogP contribution in [0.2, 0.25) is 0 Å². The van der Waals surface area contributed by atoms with Crippen LogP contribution in [0.25, 0.3) is 11.3 Å². The molecule has 27 heavy (non-hydrogen) atoms. The normalized spacial score (nSPS) is 19.3. The summed E-state index contributed by atoms with van der Waals surface area (Å²) in [5, 5.41) is 2.99. The van der Waals surface area contributed by atoms with E-state index >= 15 is 0 Å². The zero-order valence-corrected chi connectivity index (χ0v) is 14.9. The van der Waals surface area contributed by atoms with Gasteiger partial charge in [-0.1, -0.05) is 30.3 Å². The number of cyclic esters (lactones) is 1. The molecule has 1 N–H and O–H groups in total. The van der Waals surface area contributed by atoms with Crippen LogP contribution in [-0.4, -0.2) is 65.7 Å². The summed E-state index contributed by atoms with van der Waals surface area (Å²) in [6.45, 7) is 2.26. The van der Waals surface area contributed by atoms with Crippen molar-refractivity contribution in [3.8, 4) is 11.3 Å². The number of nitrogens with zero attached hydrogens (tertiary/aromatic N) is 4. The Bertz CT molecular complexity index is 829. The van der Waals surface area contributed by atoms with E-state index in [1.165, 1.54) is 4.90 Å². The molecule has 1 aromatic carbocycles. The molecule has 0 saturated carbocycles. The molecule has 2 fully saturated rings. The molecule has 2 aliphatic rings. The fourth-order valence-electron chi connectivity index (χ4n) is 3.35.